The zero-order valence-electron chi connectivity index (χ0n) is 22.9. The van der Waals surface area contributed by atoms with E-state index >= 15 is 0 Å². The molecule has 8 nitrogen and oxygen atoms in total. The third-order valence-corrected chi connectivity index (χ3v) is 5.58. The number of amides is 1. The molecule has 0 radical (unpaired) electrons. The number of ether oxygens (including phenoxy) is 2. The number of aromatic nitrogens is 1. The maximum atomic E-state index is 14.3. The second-order valence-corrected chi connectivity index (χ2v) is 9.77. The van der Waals surface area contributed by atoms with E-state index in [1.54, 1.807) is 20.8 Å². The Labute approximate surface area is 227 Å². The topological polar surface area (TPSA) is 104 Å². The fourth-order valence-corrected chi connectivity index (χ4v) is 3.75. The van der Waals surface area contributed by atoms with Crippen LogP contribution in [0.1, 0.15) is 53.4 Å². The molecule has 0 saturated heterocycles. The molecule has 0 saturated carbocycles. The lowest BCUT2D eigenvalue weighted by atomic mass is 9.95. The van der Waals surface area contributed by atoms with E-state index in [1.165, 1.54) is 51.4 Å². The van der Waals surface area contributed by atoms with E-state index in [0.29, 0.717) is 6.29 Å². The Bertz CT molecular complexity index is 1470. The van der Waals surface area contributed by atoms with E-state index < -0.39 is 52.8 Å². The minimum absolute atomic E-state index is 0.00323. The van der Waals surface area contributed by atoms with E-state index in [-0.39, 0.29) is 34.1 Å². The molecular weight excluding hydrogens is 536 g/mol. The summed E-state index contributed by atoms with van der Waals surface area (Å²) < 4.78 is 66.3. The molecule has 1 N–H and O–H groups in total. The molecule has 0 unspecified atom stereocenters. The molecule has 3 aromatic rings. The van der Waals surface area contributed by atoms with Crippen molar-refractivity contribution in [3.8, 4) is 0 Å². The third-order valence-electron chi connectivity index (χ3n) is 5.58. The Morgan fingerprint density at radius 1 is 1.10 bits per heavy atom. The number of esters is 1. The highest BCUT2D eigenvalue weighted by Gasteiger charge is 2.37. The molecule has 0 aliphatic rings. The predicted molar refractivity (Wildman–Crippen MR) is 140 cm³/mol. The fraction of sp³-hybridized carbons (Fsp3) is 0.357. The van der Waals surface area contributed by atoms with Crippen LogP contribution in [0.15, 0.2) is 41.2 Å². The highest BCUT2D eigenvalue weighted by atomic mass is 19.4. The van der Waals surface area contributed by atoms with Crippen molar-refractivity contribution in [3.05, 3.63) is 80.4 Å². The van der Waals surface area contributed by atoms with Gasteiger partial charge in [0.2, 0.25) is 0 Å². The van der Waals surface area contributed by atoms with Gasteiger partial charge in [-0.2, -0.15) is 13.2 Å². The summed E-state index contributed by atoms with van der Waals surface area (Å²) in [5.41, 5.74) is -2.71. The maximum Gasteiger partial charge on any atom is 0.417 e. The summed E-state index contributed by atoms with van der Waals surface area (Å²) in [6, 6.07) is 8.12. The van der Waals surface area contributed by atoms with Gasteiger partial charge in [-0.3, -0.25) is 14.4 Å². The summed E-state index contributed by atoms with van der Waals surface area (Å²) in [5, 5.41) is 1.99. The number of hydrogen-bond acceptors (Lipinski definition) is 6. The highest BCUT2D eigenvalue weighted by molar-refractivity contribution is 5.90. The number of aryl methyl sites for hydroxylation is 2. The van der Waals surface area contributed by atoms with Crippen LogP contribution >= 0.6 is 0 Å². The summed E-state index contributed by atoms with van der Waals surface area (Å²) >= 11 is 0. The van der Waals surface area contributed by atoms with Crippen LogP contribution < -0.4 is 10.9 Å². The molecular formula is C28H30F4N2O6. The summed E-state index contributed by atoms with van der Waals surface area (Å²) in [4.78, 5) is 45.2. The predicted octanol–water partition coefficient (Wildman–Crippen LogP) is 5.09. The standard InChI is InChI=1S/C20H15F4NO2.C8H15NO4/c1-11-4-3-5-13(18(11)21)9-15-17(20(22,23)24)14-8-12(10-26)6-7-16(14)25(2)19(15)27;1-8(2,3)13-7(11)9-5-6(10)12-4/h3-8,10H,9H2,1-2H3;5H2,1-4H3,(H,9,11). The molecule has 12 heteroatoms. The summed E-state index contributed by atoms with van der Waals surface area (Å²) in [6.45, 7) is 6.55. The van der Waals surface area contributed by atoms with E-state index in [1.807, 2.05) is 0 Å². The molecule has 0 spiro atoms. The second kappa shape index (κ2) is 12.8. The van der Waals surface area contributed by atoms with E-state index in [2.05, 4.69) is 10.1 Å². The van der Waals surface area contributed by atoms with Crippen molar-refractivity contribution in [2.24, 2.45) is 7.05 Å². The van der Waals surface area contributed by atoms with Crippen LogP contribution in [0.3, 0.4) is 0 Å². The number of nitrogens with zero attached hydrogens (tertiary/aromatic N) is 1. The van der Waals surface area contributed by atoms with Gasteiger partial charge in [0.1, 0.15) is 24.2 Å². The number of carbonyl (C=O) groups is 3. The number of carbonyl (C=O) groups excluding carboxylic acids is 3. The number of hydrogen-bond donors (Lipinski definition) is 1. The zero-order valence-corrected chi connectivity index (χ0v) is 22.9. The van der Waals surface area contributed by atoms with Gasteiger partial charge in [-0.15, -0.1) is 0 Å². The Morgan fingerprint density at radius 2 is 1.75 bits per heavy atom. The van der Waals surface area contributed by atoms with E-state index in [0.717, 1.165) is 10.6 Å². The van der Waals surface area contributed by atoms with Crippen molar-refractivity contribution in [3.63, 3.8) is 0 Å². The van der Waals surface area contributed by atoms with Crippen molar-refractivity contribution in [2.45, 2.75) is 45.9 Å². The van der Waals surface area contributed by atoms with Gasteiger partial charge in [0, 0.05) is 30.0 Å². The molecule has 0 aliphatic carbocycles. The van der Waals surface area contributed by atoms with Gasteiger partial charge in [-0.25, -0.2) is 9.18 Å². The van der Waals surface area contributed by atoms with Crippen LogP contribution in [0.25, 0.3) is 10.9 Å². The maximum absolute atomic E-state index is 14.3. The molecule has 40 heavy (non-hydrogen) atoms. The number of alkyl carbamates (subject to hydrolysis) is 1. The number of aldehydes is 1. The third kappa shape index (κ3) is 8.14. The summed E-state index contributed by atoms with van der Waals surface area (Å²) in [5.74, 6) is -1.15. The van der Waals surface area contributed by atoms with Crippen LogP contribution in [-0.4, -0.2) is 42.2 Å². The molecule has 3 rings (SSSR count). The van der Waals surface area contributed by atoms with Crippen molar-refractivity contribution in [1.29, 1.82) is 0 Å². The minimum Gasteiger partial charge on any atom is -0.468 e. The lowest BCUT2D eigenvalue weighted by molar-refractivity contribution is -0.139. The second-order valence-electron chi connectivity index (χ2n) is 9.77. The average molecular weight is 567 g/mol. The molecule has 0 fully saturated rings. The monoisotopic (exact) mass is 566 g/mol. The Morgan fingerprint density at radius 3 is 2.30 bits per heavy atom. The minimum atomic E-state index is -4.84. The first kappa shape index (κ1) is 32.0. The lowest BCUT2D eigenvalue weighted by Gasteiger charge is -2.19. The number of pyridine rings is 1. The molecule has 0 atom stereocenters. The number of alkyl halides is 3. The van der Waals surface area contributed by atoms with Gasteiger partial charge < -0.3 is 19.4 Å². The number of benzene rings is 2. The van der Waals surface area contributed by atoms with Gasteiger partial charge >= 0.3 is 18.2 Å². The van der Waals surface area contributed by atoms with Crippen molar-refractivity contribution in [2.75, 3.05) is 13.7 Å². The molecule has 2 aromatic carbocycles. The summed E-state index contributed by atoms with van der Waals surface area (Å²) in [7, 11) is 2.60. The van der Waals surface area contributed by atoms with Gasteiger partial charge in [0.15, 0.2) is 0 Å². The highest BCUT2D eigenvalue weighted by Crippen LogP contribution is 2.37. The fourth-order valence-electron chi connectivity index (χ4n) is 3.75. The quantitative estimate of drug-likeness (QED) is 0.262. The normalized spacial score (nSPS) is 11.3. The Balaban J connectivity index is 0.000000366. The average Bonchev–Trinajstić information content (AvgIpc) is 2.86. The van der Waals surface area contributed by atoms with E-state index in [4.69, 9.17) is 4.74 Å². The van der Waals surface area contributed by atoms with Crippen LogP contribution in [0, 0.1) is 12.7 Å². The molecule has 1 heterocycles. The molecule has 1 aromatic heterocycles. The zero-order chi connectivity index (χ0) is 30.4. The lowest BCUT2D eigenvalue weighted by Crippen LogP contribution is -2.35. The first-order chi connectivity index (χ1) is 18.5. The Hall–Kier alpha value is -4.22. The van der Waals surface area contributed by atoms with Crippen LogP contribution in [0.4, 0.5) is 22.4 Å². The van der Waals surface area contributed by atoms with Gasteiger partial charge in [0.25, 0.3) is 5.56 Å². The molecule has 216 valence electrons. The van der Waals surface area contributed by atoms with Crippen LogP contribution in [-0.2, 0) is 33.9 Å². The number of methoxy groups -OCH3 is 1. The van der Waals surface area contributed by atoms with Crippen molar-refractivity contribution < 1.29 is 41.4 Å². The number of halogens is 4. The van der Waals surface area contributed by atoms with Gasteiger partial charge in [0.05, 0.1) is 18.2 Å². The Kier molecular flexibility index (Phi) is 10.2. The van der Waals surface area contributed by atoms with Crippen molar-refractivity contribution in [1.82, 2.24) is 9.88 Å². The van der Waals surface area contributed by atoms with E-state index in [9.17, 15) is 36.7 Å². The van der Waals surface area contributed by atoms with Gasteiger partial charge in [-0.1, -0.05) is 18.2 Å². The first-order valence-corrected chi connectivity index (χ1v) is 12.0. The van der Waals surface area contributed by atoms with Crippen molar-refractivity contribution >= 4 is 29.3 Å². The van der Waals surface area contributed by atoms with Crippen LogP contribution in [0.5, 0.6) is 0 Å². The number of nitrogens with one attached hydrogen (secondary N) is 1. The smallest absolute Gasteiger partial charge is 0.417 e. The molecule has 1 amide bonds. The summed E-state index contributed by atoms with van der Waals surface area (Å²) in [6.07, 6.45) is -5.54. The SMILES string of the molecule is COC(=O)CNC(=O)OC(C)(C)C.Cc1cccc(Cc2c(C(F)(F)F)c3cc(C=O)ccc3n(C)c2=O)c1F. The molecule has 0 aliphatic heterocycles. The number of rotatable bonds is 5. The number of fused-ring (bicyclic) bond motifs is 1. The van der Waals surface area contributed by atoms with Gasteiger partial charge in [-0.05, 0) is 57.0 Å². The van der Waals surface area contributed by atoms with Crippen LogP contribution in [0.2, 0.25) is 0 Å². The first-order valence-electron chi connectivity index (χ1n) is 12.0. The molecule has 0 bridgehead atoms. The largest absolute Gasteiger partial charge is 0.468 e.